The molecule has 2 aliphatic heterocycles. The Hall–Kier alpha value is -5.47. The van der Waals surface area contributed by atoms with Gasteiger partial charge in [-0.25, -0.2) is 14.6 Å². The number of alkyl carbamates (subject to hydrolysis) is 1. The lowest BCUT2D eigenvalue weighted by molar-refractivity contribution is -0.139. The molecule has 3 amide bonds. The van der Waals surface area contributed by atoms with E-state index in [4.69, 9.17) is 29.7 Å². The highest BCUT2D eigenvalue weighted by atomic mass is 16.6. The number of imidazole rings is 1. The quantitative estimate of drug-likeness (QED) is 0.131. The van der Waals surface area contributed by atoms with Gasteiger partial charge in [-0.2, -0.15) is 0 Å². The van der Waals surface area contributed by atoms with Crippen molar-refractivity contribution in [1.82, 2.24) is 25.1 Å². The minimum absolute atomic E-state index is 0.0595. The SMILES string of the molecule is COC[C@H]1C[C@@H](C=N/C=C(\N)c2ccc(-c3ccc4c(ccc5[nH]c([C@@H]6CC[C@H](C)N6C(=O)[C@@H](NC(=O)OC)[C@@H](C)OC)nc54)c3)c3c2CCC3)N(C(=O)OC(C)(C)C)C1. The van der Waals surface area contributed by atoms with Gasteiger partial charge in [0.1, 0.15) is 17.5 Å². The molecule has 0 bridgehead atoms. The number of aliphatic imine (C=N–C) groups is 1. The molecule has 7 rings (SSSR count). The second-order valence-electron chi connectivity index (χ2n) is 17.4. The number of hydrogen-bond donors (Lipinski definition) is 3. The number of hydrogen-bond acceptors (Lipinski definition) is 10. The summed E-state index contributed by atoms with van der Waals surface area (Å²) in [4.78, 5) is 56.1. The fraction of sp³-hybridized carbons (Fsp3) is 0.500. The van der Waals surface area contributed by atoms with Gasteiger partial charge >= 0.3 is 12.2 Å². The number of rotatable bonds is 11. The van der Waals surface area contributed by atoms with E-state index < -0.39 is 23.8 Å². The summed E-state index contributed by atoms with van der Waals surface area (Å²) in [6.07, 6.45) is 7.07. The number of carbonyl (C=O) groups excluding carboxylic acids is 3. The van der Waals surface area contributed by atoms with E-state index in [-0.39, 0.29) is 36.0 Å². The predicted octanol–water partition coefficient (Wildman–Crippen LogP) is 7.28. The third kappa shape index (κ3) is 8.71. The van der Waals surface area contributed by atoms with E-state index in [1.165, 1.54) is 30.9 Å². The number of nitrogens with zero attached hydrogens (tertiary/aromatic N) is 4. The minimum Gasteiger partial charge on any atom is -0.453 e. The molecule has 320 valence electrons. The third-order valence-electron chi connectivity index (χ3n) is 12.1. The number of fused-ring (bicyclic) bond motifs is 4. The van der Waals surface area contributed by atoms with Crippen molar-refractivity contribution in [3.8, 4) is 11.1 Å². The van der Waals surface area contributed by atoms with Crippen LogP contribution in [0.25, 0.3) is 38.6 Å². The summed E-state index contributed by atoms with van der Waals surface area (Å²) in [5, 5.41) is 4.75. The summed E-state index contributed by atoms with van der Waals surface area (Å²) < 4.78 is 21.4. The van der Waals surface area contributed by atoms with E-state index in [9.17, 15) is 14.4 Å². The summed E-state index contributed by atoms with van der Waals surface area (Å²) >= 11 is 0. The van der Waals surface area contributed by atoms with Gasteiger partial charge in [-0.3, -0.25) is 14.7 Å². The second-order valence-corrected chi connectivity index (χ2v) is 17.4. The van der Waals surface area contributed by atoms with Crippen molar-refractivity contribution in [2.45, 2.75) is 109 Å². The van der Waals surface area contributed by atoms with Crippen LogP contribution in [0.15, 0.2) is 53.7 Å². The fourth-order valence-corrected chi connectivity index (χ4v) is 9.16. The van der Waals surface area contributed by atoms with Gasteiger partial charge in [0.15, 0.2) is 0 Å². The molecule has 14 heteroatoms. The number of H-pyrrole nitrogens is 1. The Bertz CT molecular complexity index is 2310. The maximum atomic E-state index is 14.0. The van der Waals surface area contributed by atoms with E-state index in [1.807, 2.05) is 38.7 Å². The summed E-state index contributed by atoms with van der Waals surface area (Å²) in [5.74, 6) is 0.666. The van der Waals surface area contributed by atoms with Crippen LogP contribution in [0.4, 0.5) is 9.59 Å². The molecule has 2 saturated heterocycles. The first-order valence-electron chi connectivity index (χ1n) is 21.0. The van der Waals surface area contributed by atoms with E-state index in [2.05, 4.69) is 51.7 Å². The van der Waals surface area contributed by atoms with Crippen LogP contribution < -0.4 is 11.1 Å². The Kier molecular flexibility index (Phi) is 12.5. The summed E-state index contributed by atoms with van der Waals surface area (Å²) in [7, 11) is 4.46. The lowest BCUT2D eigenvalue weighted by Gasteiger charge is -2.33. The molecular formula is C46H59N7O7. The largest absolute Gasteiger partial charge is 0.453 e. The molecule has 4 aromatic rings. The van der Waals surface area contributed by atoms with Gasteiger partial charge in [-0.1, -0.05) is 30.3 Å². The van der Waals surface area contributed by atoms with E-state index in [0.29, 0.717) is 24.7 Å². The predicted molar refractivity (Wildman–Crippen MR) is 233 cm³/mol. The molecule has 3 aromatic carbocycles. The molecule has 6 atom stereocenters. The summed E-state index contributed by atoms with van der Waals surface area (Å²) in [6, 6.07) is 13.4. The number of ether oxygens (including phenoxy) is 4. The molecule has 2 fully saturated rings. The van der Waals surface area contributed by atoms with Gasteiger partial charge in [0.05, 0.1) is 54.8 Å². The Morgan fingerprint density at radius 2 is 1.85 bits per heavy atom. The highest BCUT2D eigenvalue weighted by molar-refractivity contribution is 6.05. The third-order valence-corrected chi connectivity index (χ3v) is 12.1. The number of nitrogens with one attached hydrogen (secondary N) is 2. The van der Waals surface area contributed by atoms with Crippen LogP contribution in [0.5, 0.6) is 0 Å². The minimum atomic E-state index is -0.916. The number of methoxy groups -OCH3 is 3. The molecule has 4 N–H and O–H groups in total. The molecule has 0 spiro atoms. The van der Waals surface area contributed by atoms with Crippen molar-refractivity contribution >= 4 is 51.8 Å². The number of nitrogens with two attached hydrogens (primary N) is 1. The topological polar surface area (TPSA) is 174 Å². The smallest absolute Gasteiger partial charge is 0.410 e. The number of benzene rings is 3. The van der Waals surface area contributed by atoms with Crippen LogP contribution in [0.2, 0.25) is 0 Å². The molecule has 60 heavy (non-hydrogen) atoms. The first-order valence-corrected chi connectivity index (χ1v) is 21.0. The lowest BCUT2D eigenvalue weighted by atomic mass is 9.91. The molecule has 0 unspecified atom stereocenters. The zero-order valence-corrected chi connectivity index (χ0v) is 36.0. The Labute approximate surface area is 351 Å². The Balaban J connectivity index is 1.13. The number of aromatic nitrogens is 2. The molecule has 3 heterocycles. The molecule has 14 nitrogen and oxygen atoms in total. The highest BCUT2D eigenvalue weighted by Gasteiger charge is 2.42. The fourth-order valence-electron chi connectivity index (χ4n) is 9.16. The molecule has 1 aliphatic carbocycles. The number of carbonyl (C=O) groups is 3. The second kappa shape index (κ2) is 17.6. The average molecular weight is 822 g/mol. The maximum absolute atomic E-state index is 14.0. The maximum Gasteiger partial charge on any atom is 0.410 e. The molecule has 0 radical (unpaired) electrons. The van der Waals surface area contributed by atoms with Crippen LogP contribution >= 0.6 is 0 Å². The van der Waals surface area contributed by atoms with Gasteiger partial charge in [-0.05, 0) is 113 Å². The normalized spacial score (nSPS) is 21.8. The van der Waals surface area contributed by atoms with Gasteiger partial charge in [0, 0.05) is 49.9 Å². The molecule has 3 aliphatic rings. The Morgan fingerprint density at radius 3 is 2.58 bits per heavy atom. The lowest BCUT2D eigenvalue weighted by Crippen LogP contribution is -2.55. The number of likely N-dealkylation sites (tertiary alicyclic amines) is 2. The van der Waals surface area contributed by atoms with Crippen LogP contribution in [-0.2, 0) is 36.6 Å². The highest BCUT2D eigenvalue weighted by Crippen LogP contribution is 2.40. The number of aromatic amines is 1. The monoisotopic (exact) mass is 821 g/mol. The first kappa shape index (κ1) is 42.6. The van der Waals surface area contributed by atoms with Crippen molar-refractivity contribution in [2.24, 2.45) is 16.6 Å². The van der Waals surface area contributed by atoms with Crippen LogP contribution in [-0.4, -0.2) is 108 Å². The zero-order chi connectivity index (χ0) is 42.9. The van der Waals surface area contributed by atoms with Crippen LogP contribution in [0.3, 0.4) is 0 Å². The van der Waals surface area contributed by atoms with Gasteiger partial charge < -0.3 is 39.9 Å². The van der Waals surface area contributed by atoms with Crippen molar-refractivity contribution in [2.75, 3.05) is 34.5 Å². The average Bonchev–Trinajstić information content (AvgIpc) is 4.04. The standard InChI is InChI=1S/C46H59N7O7/c1-26-12-19-39(53(26)43(54)40(27(2)58-7)51-44(55)59-8)42-49-38-18-14-30-21-29(13-15-33(30)41(38)50-42)32-16-17-36(35-11-9-10-34(32)35)37(47)23-48-22-31-20-28(25-57-6)24-52(31)45(56)60-46(3,4)5/h13-18,21-23,26-28,31,39-40H,9-12,19-20,24-25,47H2,1-8H3,(H,49,50)(H,51,55)/b37-23-,48-22?/t26-,27+,28-,31-,39-,40-/m0/s1. The van der Waals surface area contributed by atoms with Crippen molar-refractivity contribution in [1.29, 1.82) is 0 Å². The summed E-state index contributed by atoms with van der Waals surface area (Å²) in [6.45, 7) is 10.5. The van der Waals surface area contributed by atoms with Crippen LogP contribution in [0, 0.1) is 5.92 Å². The molecule has 0 saturated carbocycles. The number of amides is 3. The Morgan fingerprint density at radius 1 is 1.07 bits per heavy atom. The van der Waals surface area contributed by atoms with Crippen molar-refractivity contribution in [3.63, 3.8) is 0 Å². The van der Waals surface area contributed by atoms with E-state index >= 15 is 0 Å². The van der Waals surface area contributed by atoms with Crippen LogP contribution in [0.1, 0.15) is 88.9 Å². The van der Waals surface area contributed by atoms with Crippen molar-refractivity contribution < 1.29 is 33.3 Å². The summed E-state index contributed by atoms with van der Waals surface area (Å²) in [5.41, 5.74) is 14.3. The first-order chi connectivity index (χ1) is 28.7. The molecule has 1 aromatic heterocycles. The van der Waals surface area contributed by atoms with Gasteiger partial charge in [-0.15, -0.1) is 0 Å². The van der Waals surface area contributed by atoms with Gasteiger partial charge in [0.25, 0.3) is 0 Å². The van der Waals surface area contributed by atoms with E-state index in [1.54, 1.807) is 31.3 Å². The zero-order valence-electron chi connectivity index (χ0n) is 36.0. The van der Waals surface area contributed by atoms with Crippen molar-refractivity contribution in [3.05, 3.63) is 71.2 Å². The van der Waals surface area contributed by atoms with E-state index in [0.717, 1.165) is 71.5 Å². The molecular weight excluding hydrogens is 763 g/mol. The van der Waals surface area contributed by atoms with Gasteiger partial charge in [0.2, 0.25) is 5.91 Å².